The van der Waals surface area contributed by atoms with Crippen molar-refractivity contribution in [3.63, 3.8) is 0 Å². The van der Waals surface area contributed by atoms with Gasteiger partial charge in [-0.3, -0.25) is 0 Å². The molecule has 0 spiro atoms. The van der Waals surface area contributed by atoms with Crippen molar-refractivity contribution in [2.24, 2.45) is 0 Å². The van der Waals surface area contributed by atoms with E-state index >= 15 is 0 Å². The Morgan fingerprint density at radius 2 is 1.21 bits per heavy atom. The molecule has 0 bridgehead atoms. The SMILES string of the molecule is CCCCCCCCCCCCCCCCOCC(COP(=O)([O-])OCC[As+](C)(C)C)OC. The zero-order valence-electron chi connectivity index (χ0n) is 22.4. The third kappa shape index (κ3) is 25.5. The van der Waals surface area contributed by atoms with Gasteiger partial charge in [0, 0.05) is 0 Å². The van der Waals surface area contributed by atoms with Crippen LogP contribution in [0.4, 0.5) is 0 Å². The summed E-state index contributed by atoms with van der Waals surface area (Å²) in [5.74, 6) is 0. The standard InChI is InChI=1S/C25H54AsO6P/c1-6-7-8-9-10-11-12-13-14-15-16-17-18-19-21-30-23-25(29-5)24-32-33(27,28)31-22-20-26(2,3)4/h25H,6-24H2,1-5H3. The van der Waals surface area contributed by atoms with Gasteiger partial charge in [-0.1, -0.05) is 84.0 Å². The Balaban J connectivity index is 3.53. The van der Waals surface area contributed by atoms with Crippen molar-refractivity contribution in [2.75, 3.05) is 33.5 Å². The Morgan fingerprint density at radius 3 is 1.67 bits per heavy atom. The average Bonchev–Trinajstić information content (AvgIpc) is 2.74. The first-order valence-corrected chi connectivity index (χ1v) is 21.6. The van der Waals surface area contributed by atoms with Crippen LogP contribution in [-0.2, 0) is 23.1 Å². The Labute approximate surface area is 207 Å². The Kier molecular flexibility index (Phi) is 22.2. The van der Waals surface area contributed by atoms with Crippen molar-refractivity contribution in [1.82, 2.24) is 0 Å². The topological polar surface area (TPSA) is 77.1 Å². The van der Waals surface area contributed by atoms with Crippen LogP contribution in [0, 0.1) is 0 Å². The van der Waals surface area contributed by atoms with Crippen LogP contribution in [0.5, 0.6) is 0 Å². The van der Waals surface area contributed by atoms with Crippen LogP contribution in [0.2, 0.25) is 22.3 Å². The van der Waals surface area contributed by atoms with Crippen molar-refractivity contribution in [3.05, 3.63) is 0 Å². The van der Waals surface area contributed by atoms with E-state index in [1.165, 1.54) is 90.6 Å². The molecule has 6 nitrogen and oxygen atoms in total. The number of phosphoric ester groups is 1. The zero-order valence-corrected chi connectivity index (χ0v) is 25.1. The first-order chi connectivity index (χ1) is 15.7. The Morgan fingerprint density at radius 1 is 0.727 bits per heavy atom. The normalized spacial score (nSPS) is 15.0. The molecule has 0 saturated heterocycles. The Hall–Kier alpha value is 0.588. The summed E-state index contributed by atoms with van der Waals surface area (Å²) in [4.78, 5) is 11.9. The van der Waals surface area contributed by atoms with Gasteiger partial charge in [-0.2, -0.15) is 0 Å². The van der Waals surface area contributed by atoms with Crippen LogP contribution in [0.25, 0.3) is 0 Å². The van der Waals surface area contributed by atoms with Gasteiger partial charge in [0.1, 0.15) is 0 Å². The van der Waals surface area contributed by atoms with Gasteiger partial charge in [0.2, 0.25) is 0 Å². The van der Waals surface area contributed by atoms with Crippen LogP contribution in [0.3, 0.4) is 0 Å². The van der Waals surface area contributed by atoms with E-state index in [4.69, 9.17) is 18.5 Å². The molecule has 200 valence electrons. The maximum absolute atomic E-state index is 11.9. The molecule has 33 heavy (non-hydrogen) atoms. The molecule has 0 N–H and O–H groups in total. The first kappa shape index (κ1) is 33.6. The zero-order chi connectivity index (χ0) is 24.8. The second kappa shape index (κ2) is 21.8. The summed E-state index contributed by atoms with van der Waals surface area (Å²) in [6.07, 6.45) is 18.2. The molecular weight excluding hydrogens is 502 g/mol. The summed E-state index contributed by atoms with van der Waals surface area (Å²) >= 11 is -1.66. The molecule has 0 aromatic carbocycles. The number of unbranched alkanes of at least 4 members (excludes halogenated alkanes) is 13. The van der Waals surface area contributed by atoms with Gasteiger partial charge in [0.05, 0.1) is 0 Å². The second-order valence-electron chi connectivity index (χ2n) is 10.1. The fraction of sp³-hybridized carbons (Fsp3) is 1.00. The van der Waals surface area contributed by atoms with Crippen LogP contribution in [0.15, 0.2) is 0 Å². The molecule has 0 aliphatic carbocycles. The minimum absolute atomic E-state index is 0.0777. The fourth-order valence-corrected chi connectivity index (χ4v) is 5.83. The predicted octanol–water partition coefficient (Wildman–Crippen LogP) is 7.34. The van der Waals surface area contributed by atoms with E-state index in [0.29, 0.717) is 13.2 Å². The van der Waals surface area contributed by atoms with Gasteiger partial charge in [0.15, 0.2) is 0 Å². The van der Waals surface area contributed by atoms with E-state index in [1.807, 2.05) is 0 Å². The number of methoxy groups -OCH3 is 1. The Bertz CT molecular complexity index is 472. The monoisotopic (exact) mass is 556 g/mol. The third-order valence-electron chi connectivity index (χ3n) is 5.71. The van der Waals surface area contributed by atoms with E-state index < -0.39 is 27.5 Å². The molecule has 0 aromatic rings. The van der Waals surface area contributed by atoms with Gasteiger partial charge in [0.25, 0.3) is 0 Å². The molecule has 0 fully saturated rings. The predicted molar refractivity (Wildman–Crippen MR) is 140 cm³/mol. The summed E-state index contributed by atoms with van der Waals surface area (Å²) < 4.78 is 32.7. The van der Waals surface area contributed by atoms with Crippen molar-refractivity contribution in [1.29, 1.82) is 0 Å². The quantitative estimate of drug-likeness (QED) is 0.0665. The molecule has 0 rings (SSSR count). The van der Waals surface area contributed by atoms with Crippen LogP contribution < -0.4 is 4.89 Å². The van der Waals surface area contributed by atoms with E-state index in [1.54, 1.807) is 0 Å². The summed E-state index contributed by atoms with van der Waals surface area (Å²) in [6.45, 7) is 3.38. The average molecular weight is 557 g/mol. The summed E-state index contributed by atoms with van der Waals surface area (Å²) in [5.41, 5.74) is 6.61. The molecular formula is C25H54AsO6P. The summed E-state index contributed by atoms with van der Waals surface area (Å²) in [7, 11) is -2.75. The number of hydrogen-bond donors (Lipinski definition) is 0. The fourth-order valence-electron chi connectivity index (χ4n) is 3.44. The molecule has 0 aliphatic rings. The number of ether oxygens (including phenoxy) is 2. The van der Waals surface area contributed by atoms with E-state index in [0.717, 1.165) is 11.6 Å². The van der Waals surface area contributed by atoms with E-state index in [-0.39, 0.29) is 13.2 Å². The van der Waals surface area contributed by atoms with Gasteiger partial charge >= 0.3 is 124 Å². The summed E-state index contributed by atoms with van der Waals surface area (Å²) in [6, 6.07) is 0. The van der Waals surface area contributed by atoms with Gasteiger partial charge in [-0.25, -0.2) is 0 Å². The van der Waals surface area contributed by atoms with Crippen LogP contribution in [0.1, 0.15) is 96.8 Å². The van der Waals surface area contributed by atoms with Crippen molar-refractivity contribution < 1.29 is 28.0 Å². The molecule has 2 atom stereocenters. The van der Waals surface area contributed by atoms with Crippen molar-refractivity contribution in [2.45, 2.75) is 125 Å². The summed E-state index contributed by atoms with van der Waals surface area (Å²) in [5, 5.41) is 0.809. The van der Waals surface area contributed by atoms with Crippen LogP contribution >= 0.6 is 7.82 Å². The molecule has 0 saturated carbocycles. The minimum atomic E-state index is -4.28. The third-order valence-corrected chi connectivity index (χ3v) is 9.87. The van der Waals surface area contributed by atoms with E-state index in [9.17, 15) is 9.46 Å². The molecule has 0 aliphatic heterocycles. The second-order valence-corrected chi connectivity index (χ2v) is 22.1. The van der Waals surface area contributed by atoms with E-state index in [2.05, 4.69) is 24.1 Å². The molecule has 2 unspecified atom stereocenters. The molecule has 0 amide bonds. The maximum atomic E-state index is 11.9. The van der Waals surface area contributed by atoms with Crippen molar-refractivity contribution >= 4 is 21.4 Å². The molecule has 0 aromatic heterocycles. The number of hydrogen-bond acceptors (Lipinski definition) is 6. The first-order valence-electron chi connectivity index (χ1n) is 13.2. The number of phosphoric acid groups is 1. The number of rotatable bonds is 25. The van der Waals surface area contributed by atoms with Crippen LogP contribution in [-0.4, -0.2) is 53.2 Å². The van der Waals surface area contributed by atoms with Crippen molar-refractivity contribution in [3.8, 4) is 0 Å². The molecule has 0 heterocycles. The van der Waals surface area contributed by atoms with Gasteiger partial charge in [-0.05, 0) is 0 Å². The molecule has 8 heteroatoms. The van der Waals surface area contributed by atoms with Gasteiger partial charge in [-0.15, -0.1) is 0 Å². The molecule has 0 radical (unpaired) electrons. The van der Waals surface area contributed by atoms with Gasteiger partial charge < -0.3 is 0 Å².